The molecule has 5 rings (SSSR count). The van der Waals surface area contributed by atoms with Crippen LogP contribution in [0.4, 0.5) is 5.69 Å². The maximum Gasteiger partial charge on any atom is 0.248 e. The number of aryl methyl sites for hydroxylation is 1. The van der Waals surface area contributed by atoms with Gasteiger partial charge in [-0.05, 0) is 57.6 Å². The minimum atomic E-state index is -3.85. The van der Waals surface area contributed by atoms with Crippen LogP contribution in [0.15, 0.2) is 29.2 Å². The van der Waals surface area contributed by atoms with Crippen molar-refractivity contribution in [2.75, 3.05) is 24.5 Å². The van der Waals surface area contributed by atoms with Crippen molar-refractivity contribution >= 4 is 27.5 Å². The van der Waals surface area contributed by atoms with Crippen LogP contribution in [-0.2, 0) is 32.6 Å². The van der Waals surface area contributed by atoms with Crippen LogP contribution >= 0.6 is 0 Å². The summed E-state index contributed by atoms with van der Waals surface area (Å²) >= 11 is 0. The molecule has 10 heteroatoms. The molecular formula is C26H35N5O4S. The number of hydrogen-bond donors (Lipinski definition) is 1. The molecular weight excluding hydrogens is 478 g/mol. The van der Waals surface area contributed by atoms with Gasteiger partial charge in [0.25, 0.3) is 0 Å². The molecule has 1 saturated carbocycles. The molecule has 9 nitrogen and oxygen atoms in total. The normalized spacial score (nSPS) is 21.1. The van der Waals surface area contributed by atoms with Crippen molar-refractivity contribution in [1.82, 2.24) is 19.4 Å². The van der Waals surface area contributed by atoms with Crippen molar-refractivity contribution in [2.24, 2.45) is 5.92 Å². The number of nitrogens with zero attached hydrogens (tertiary/aromatic N) is 4. The molecule has 0 unspecified atom stereocenters. The lowest BCUT2D eigenvalue weighted by Crippen LogP contribution is -2.47. The van der Waals surface area contributed by atoms with Crippen LogP contribution in [0, 0.1) is 19.8 Å². The molecule has 1 aromatic heterocycles. The zero-order chi connectivity index (χ0) is 25.4. The number of amides is 2. The number of hydrogen-bond acceptors (Lipinski definition) is 5. The zero-order valence-corrected chi connectivity index (χ0v) is 21.9. The van der Waals surface area contributed by atoms with E-state index in [0.29, 0.717) is 37.3 Å². The lowest BCUT2D eigenvalue weighted by Gasteiger charge is -2.32. The van der Waals surface area contributed by atoms with E-state index in [-0.39, 0.29) is 41.8 Å². The Kier molecular flexibility index (Phi) is 6.91. The number of rotatable bonds is 6. The first kappa shape index (κ1) is 25.0. The third-order valence-electron chi connectivity index (χ3n) is 7.84. The van der Waals surface area contributed by atoms with Gasteiger partial charge in [0.05, 0.1) is 17.3 Å². The first-order valence-corrected chi connectivity index (χ1v) is 14.4. The number of anilines is 1. The summed E-state index contributed by atoms with van der Waals surface area (Å²) in [5.74, 6) is -0.500. The number of aromatic nitrogens is 2. The number of para-hydroxylation sites is 1. The van der Waals surface area contributed by atoms with E-state index in [9.17, 15) is 18.0 Å². The van der Waals surface area contributed by atoms with Gasteiger partial charge in [-0.1, -0.05) is 31.0 Å². The van der Waals surface area contributed by atoms with Crippen LogP contribution in [0.25, 0.3) is 0 Å². The number of benzene rings is 1. The van der Waals surface area contributed by atoms with E-state index < -0.39 is 10.0 Å². The molecule has 0 spiro atoms. The van der Waals surface area contributed by atoms with Gasteiger partial charge in [-0.3, -0.25) is 14.3 Å². The average molecular weight is 514 g/mol. The topological polar surface area (TPSA) is 105 Å². The number of piperidine rings is 1. The van der Waals surface area contributed by atoms with E-state index in [1.54, 1.807) is 18.7 Å². The Bertz CT molecular complexity index is 1270. The number of fused-ring (bicyclic) bond motifs is 1. The first-order valence-electron chi connectivity index (χ1n) is 13.0. The predicted molar refractivity (Wildman–Crippen MR) is 136 cm³/mol. The minimum Gasteiger partial charge on any atom is -0.353 e. The molecule has 1 atom stereocenters. The second-order valence-corrected chi connectivity index (χ2v) is 12.1. The van der Waals surface area contributed by atoms with Crippen LogP contribution in [0.1, 0.15) is 55.5 Å². The summed E-state index contributed by atoms with van der Waals surface area (Å²) in [6.45, 7) is 4.51. The highest BCUT2D eigenvalue weighted by Gasteiger charge is 2.37. The molecule has 3 heterocycles. The van der Waals surface area contributed by atoms with Gasteiger partial charge in [0, 0.05) is 31.4 Å². The second-order valence-electron chi connectivity index (χ2n) is 10.3. The van der Waals surface area contributed by atoms with Crippen LogP contribution in [0.5, 0.6) is 0 Å². The van der Waals surface area contributed by atoms with Gasteiger partial charge in [0.1, 0.15) is 11.4 Å². The molecule has 2 aliphatic heterocycles. The van der Waals surface area contributed by atoms with E-state index in [4.69, 9.17) is 0 Å². The van der Waals surface area contributed by atoms with Gasteiger partial charge in [0.2, 0.25) is 21.8 Å². The van der Waals surface area contributed by atoms with Crippen molar-refractivity contribution in [1.29, 1.82) is 0 Å². The Morgan fingerprint density at radius 3 is 2.58 bits per heavy atom. The van der Waals surface area contributed by atoms with Gasteiger partial charge in [-0.15, -0.1) is 0 Å². The molecule has 36 heavy (non-hydrogen) atoms. The number of sulfonamides is 1. The SMILES string of the molecule is Cc1nn(CC(=O)N2CCc3ccccc32)c(C)c1S(=O)(=O)N1CCC[C@H](C(=O)NC2CCCC2)C1. The maximum atomic E-state index is 13.7. The standard InChI is InChI=1S/C26H35N5O4S/c1-18-25(19(2)31(28-18)17-24(32)30-15-13-20-8-3-6-12-23(20)30)36(34,35)29-14-7-9-21(16-29)26(33)27-22-10-4-5-11-22/h3,6,8,12,21-22H,4-5,7,9-11,13-17H2,1-2H3,(H,27,33)/t21-/m0/s1. The van der Waals surface area contributed by atoms with Crippen molar-refractivity contribution < 1.29 is 18.0 Å². The highest BCUT2D eigenvalue weighted by molar-refractivity contribution is 7.89. The van der Waals surface area contributed by atoms with Gasteiger partial charge in [-0.25, -0.2) is 8.42 Å². The summed E-state index contributed by atoms with van der Waals surface area (Å²) in [4.78, 5) is 27.9. The molecule has 194 valence electrons. The van der Waals surface area contributed by atoms with Gasteiger partial charge >= 0.3 is 0 Å². The lowest BCUT2D eigenvalue weighted by atomic mass is 9.98. The Morgan fingerprint density at radius 1 is 1.06 bits per heavy atom. The van der Waals surface area contributed by atoms with E-state index in [1.807, 2.05) is 24.3 Å². The second kappa shape index (κ2) is 9.97. The van der Waals surface area contributed by atoms with E-state index >= 15 is 0 Å². The number of nitrogens with one attached hydrogen (secondary N) is 1. The van der Waals surface area contributed by atoms with Crippen molar-refractivity contribution in [3.63, 3.8) is 0 Å². The molecule has 1 aromatic carbocycles. The summed E-state index contributed by atoms with van der Waals surface area (Å²) in [5.41, 5.74) is 2.87. The molecule has 2 aromatic rings. The van der Waals surface area contributed by atoms with Crippen LogP contribution in [-0.4, -0.2) is 60.0 Å². The molecule has 2 amide bonds. The molecule has 1 N–H and O–H groups in total. The lowest BCUT2D eigenvalue weighted by molar-refractivity contribution is -0.126. The van der Waals surface area contributed by atoms with E-state index in [0.717, 1.165) is 43.4 Å². The maximum absolute atomic E-state index is 13.7. The molecule has 1 aliphatic carbocycles. The van der Waals surface area contributed by atoms with Crippen molar-refractivity contribution in [3.05, 3.63) is 41.2 Å². The van der Waals surface area contributed by atoms with Gasteiger partial charge in [0.15, 0.2) is 0 Å². The third-order valence-corrected chi connectivity index (χ3v) is 9.96. The third kappa shape index (κ3) is 4.68. The Labute approximate surface area is 212 Å². The van der Waals surface area contributed by atoms with Crippen molar-refractivity contribution in [3.8, 4) is 0 Å². The van der Waals surface area contributed by atoms with Crippen LogP contribution in [0.3, 0.4) is 0 Å². The number of carbonyl (C=O) groups is 2. The average Bonchev–Trinajstić information content (AvgIpc) is 3.59. The highest BCUT2D eigenvalue weighted by Crippen LogP contribution is 2.30. The Hall–Kier alpha value is -2.72. The molecule has 1 saturated heterocycles. The summed E-state index contributed by atoms with van der Waals surface area (Å²) < 4.78 is 30.3. The monoisotopic (exact) mass is 513 g/mol. The van der Waals surface area contributed by atoms with Crippen molar-refractivity contribution in [2.45, 2.75) is 76.3 Å². The minimum absolute atomic E-state index is 0.0249. The van der Waals surface area contributed by atoms with E-state index in [1.165, 1.54) is 8.99 Å². The smallest absolute Gasteiger partial charge is 0.248 e. The summed E-state index contributed by atoms with van der Waals surface area (Å²) in [7, 11) is -3.85. The van der Waals surface area contributed by atoms with Gasteiger partial charge in [-0.2, -0.15) is 9.40 Å². The van der Waals surface area contributed by atoms with E-state index in [2.05, 4.69) is 10.4 Å². The fourth-order valence-corrected chi connectivity index (χ4v) is 7.81. The summed E-state index contributed by atoms with van der Waals surface area (Å²) in [6.07, 6.45) is 6.40. The molecule has 0 radical (unpaired) electrons. The summed E-state index contributed by atoms with van der Waals surface area (Å²) in [5, 5.41) is 7.57. The quantitative estimate of drug-likeness (QED) is 0.639. The fraction of sp³-hybridized carbons (Fsp3) is 0.577. The largest absolute Gasteiger partial charge is 0.353 e. The van der Waals surface area contributed by atoms with Crippen LogP contribution in [0.2, 0.25) is 0 Å². The fourth-order valence-electron chi connectivity index (χ4n) is 5.91. The molecule has 0 bridgehead atoms. The highest BCUT2D eigenvalue weighted by atomic mass is 32.2. The Balaban J connectivity index is 1.31. The molecule has 3 aliphatic rings. The molecule has 2 fully saturated rings. The van der Waals surface area contributed by atoms with Gasteiger partial charge < -0.3 is 10.2 Å². The number of carbonyl (C=O) groups excluding carboxylic acids is 2. The predicted octanol–water partition coefficient (Wildman–Crippen LogP) is 2.55. The van der Waals surface area contributed by atoms with Crippen LogP contribution < -0.4 is 10.2 Å². The first-order chi connectivity index (χ1) is 17.3. The summed E-state index contributed by atoms with van der Waals surface area (Å²) in [6, 6.07) is 8.06. The zero-order valence-electron chi connectivity index (χ0n) is 21.1. The Morgan fingerprint density at radius 2 is 1.81 bits per heavy atom.